The molecule has 0 unspecified atom stereocenters. The highest BCUT2D eigenvalue weighted by molar-refractivity contribution is 4.70. The normalized spacial score (nSPS) is 26.1. The van der Waals surface area contributed by atoms with Crippen molar-refractivity contribution in [2.75, 3.05) is 59.4 Å². The maximum absolute atomic E-state index is 2.65. The predicted octanol–water partition coefficient (Wildman–Crippen LogP) is 1.11. The molecular formula is C13H27N3. The van der Waals surface area contributed by atoms with E-state index < -0.39 is 0 Å². The number of rotatable bonds is 4. The zero-order chi connectivity index (χ0) is 11.2. The van der Waals surface area contributed by atoms with Crippen molar-refractivity contribution in [2.24, 2.45) is 0 Å². The first kappa shape index (κ1) is 12.3. The van der Waals surface area contributed by atoms with E-state index in [9.17, 15) is 0 Å². The van der Waals surface area contributed by atoms with Crippen LogP contribution in [-0.2, 0) is 0 Å². The lowest BCUT2D eigenvalue weighted by molar-refractivity contribution is 0.249. The van der Waals surface area contributed by atoms with Crippen molar-refractivity contribution in [1.82, 2.24) is 14.7 Å². The van der Waals surface area contributed by atoms with Gasteiger partial charge in [0.05, 0.1) is 0 Å². The van der Waals surface area contributed by atoms with Gasteiger partial charge in [-0.05, 0) is 72.0 Å². The highest BCUT2D eigenvalue weighted by Gasteiger charge is 2.13. The second-order valence-electron chi connectivity index (χ2n) is 5.40. The minimum atomic E-state index is 1.25. The molecule has 0 N–H and O–H groups in total. The quantitative estimate of drug-likeness (QED) is 0.710. The molecule has 94 valence electrons. The van der Waals surface area contributed by atoms with Crippen molar-refractivity contribution < 1.29 is 0 Å². The Balaban J connectivity index is 1.57. The number of hydrogen-bond acceptors (Lipinski definition) is 3. The Kier molecular flexibility index (Phi) is 5.07. The monoisotopic (exact) mass is 225 g/mol. The molecule has 0 aromatic carbocycles. The first-order chi connectivity index (χ1) is 7.84. The lowest BCUT2D eigenvalue weighted by Gasteiger charge is -2.21. The largest absolute Gasteiger partial charge is 0.305 e. The lowest BCUT2D eigenvalue weighted by Crippen LogP contribution is -2.32. The highest BCUT2D eigenvalue weighted by Crippen LogP contribution is 2.08. The molecule has 2 fully saturated rings. The summed E-state index contributed by atoms with van der Waals surface area (Å²) < 4.78 is 0. The van der Waals surface area contributed by atoms with E-state index in [0.29, 0.717) is 0 Å². The minimum Gasteiger partial charge on any atom is -0.305 e. The van der Waals surface area contributed by atoms with Gasteiger partial charge in [0.15, 0.2) is 0 Å². The van der Waals surface area contributed by atoms with Gasteiger partial charge in [-0.15, -0.1) is 0 Å². The Morgan fingerprint density at radius 1 is 0.688 bits per heavy atom. The van der Waals surface area contributed by atoms with E-state index in [1.165, 1.54) is 78.0 Å². The van der Waals surface area contributed by atoms with Crippen LogP contribution < -0.4 is 0 Å². The molecule has 0 aliphatic carbocycles. The van der Waals surface area contributed by atoms with E-state index in [1.54, 1.807) is 0 Å². The Labute approximate surface area is 100 Å². The lowest BCUT2D eigenvalue weighted by atomic mass is 10.3. The predicted molar refractivity (Wildman–Crippen MR) is 68.8 cm³/mol. The Morgan fingerprint density at radius 2 is 1.31 bits per heavy atom. The third kappa shape index (κ3) is 4.04. The summed E-state index contributed by atoms with van der Waals surface area (Å²) in [5.41, 5.74) is 0. The summed E-state index contributed by atoms with van der Waals surface area (Å²) in [5.74, 6) is 0. The van der Waals surface area contributed by atoms with Crippen LogP contribution in [0.4, 0.5) is 0 Å². The molecule has 2 aliphatic heterocycles. The first-order valence-corrected chi connectivity index (χ1v) is 6.98. The summed E-state index contributed by atoms with van der Waals surface area (Å²) in [6, 6.07) is 0. The van der Waals surface area contributed by atoms with E-state index in [-0.39, 0.29) is 0 Å². The van der Waals surface area contributed by atoms with Gasteiger partial charge in [0.1, 0.15) is 0 Å². The van der Waals surface area contributed by atoms with Crippen molar-refractivity contribution in [3.63, 3.8) is 0 Å². The van der Waals surface area contributed by atoms with Crippen molar-refractivity contribution in [2.45, 2.75) is 25.7 Å². The van der Waals surface area contributed by atoms with Crippen LogP contribution in [-0.4, -0.2) is 74.1 Å². The van der Waals surface area contributed by atoms with Crippen LogP contribution in [0, 0.1) is 0 Å². The smallest absolute Gasteiger partial charge is 0.0109 e. The molecule has 3 heteroatoms. The summed E-state index contributed by atoms with van der Waals surface area (Å²) in [5, 5.41) is 0. The molecule has 0 amide bonds. The summed E-state index contributed by atoms with van der Waals surface area (Å²) in [7, 11) is 2.24. The molecule has 0 aromatic rings. The molecule has 2 rings (SSSR count). The Morgan fingerprint density at radius 3 is 2.06 bits per heavy atom. The zero-order valence-electron chi connectivity index (χ0n) is 10.8. The topological polar surface area (TPSA) is 9.72 Å². The molecular weight excluding hydrogens is 198 g/mol. The van der Waals surface area contributed by atoms with Crippen LogP contribution in [0.25, 0.3) is 0 Å². The van der Waals surface area contributed by atoms with Gasteiger partial charge in [-0.1, -0.05) is 0 Å². The van der Waals surface area contributed by atoms with Gasteiger partial charge >= 0.3 is 0 Å². The molecule has 2 saturated heterocycles. The maximum atomic E-state index is 2.65. The Hall–Kier alpha value is -0.120. The van der Waals surface area contributed by atoms with Gasteiger partial charge in [-0.2, -0.15) is 0 Å². The first-order valence-electron chi connectivity index (χ1n) is 6.98. The number of hydrogen-bond donors (Lipinski definition) is 0. The molecule has 2 heterocycles. The van der Waals surface area contributed by atoms with Crippen LogP contribution in [0.15, 0.2) is 0 Å². The number of nitrogens with zero attached hydrogens (tertiary/aromatic N) is 3. The van der Waals surface area contributed by atoms with Gasteiger partial charge < -0.3 is 14.7 Å². The van der Waals surface area contributed by atoms with Gasteiger partial charge in [-0.3, -0.25) is 0 Å². The summed E-state index contributed by atoms with van der Waals surface area (Å²) in [6.45, 7) is 10.5. The standard InChI is InChI=1S/C13H27N3/c1-14-6-4-9-16(13-12-14)11-5-10-15-7-2-3-8-15/h2-13H2,1H3. The fraction of sp³-hybridized carbons (Fsp3) is 1.00. The molecule has 16 heavy (non-hydrogen) atoms. The maximum Gasteiger partial charge on any atom is 0.0109 e. The molecule has 0 aromatic heterocycles. The van der Waals surface area contributed by atoms with Crippen molar-refractivity contribution >= 4 is 0 Å². The molecule has 0 atom stereocenters. The van der Waals surface area contributed by atoms with Crippen molar-refractivity contribution in [3.8, 4) is 0 Å². The second kappa shape index (κ2) is 6.58. The number of likely N-dealkylation sites (tertiary alicyclic amines) is 1. The third-order valence-corrected chi connectivity index (χ3v) is 3.96. The van der Waals surface area contributed by atoms with E-state index in [1.807, 2.05) is 0 Å². The fourth-order valence-corrected chi connectivity index (χ4v) is 2.85. The molecule has 3 nitrogen and oxygen atoms in total. The average molecular weight is 225 g/mol. The fourth-order valence-electron chi connectivity index (χ4n) is 2.85. The third-order valence-electron chi connectivity index (χ3n) is 3.96. The molecule has 0 saturated carbocycles. The minimum absolute atomic E-state index is 1.25. The van der Waals surface area contributed by atoms with Crippen LogP contribution >= 0.6 is 0 Å². The van der Waals surface area contributed by atoms with Crippen molar-refractivity contribution in [1.29, 1.82) is 0 Å². The van der Waals surface area contributed by atoms with Crippen LogP contribution in [0.5, 0.6) is 0 Å². The van der Waals surface area contributed by atoms with Crippen LogP contribution in [0.3, 0.4) is 0 Å². The molecule has 0 radical (unpaired) electrons. The van der Waals surface area contributed by atoms with Crippen LogP contribution in [0.1, 0.15) is 25.7 Å². The summed E-state index contributed by atoms with van der Waals surface area (Å²) >= 11 is 0. The van der Waals surface area contributed by atoms with E-state index >= 15 is 0 Å². The molecule has 0 spiro atoms. The van der Waals surface area contributed by atoms with Crippen LogP contribution in [0.2, 0.25) is 0 Å². The summed E-state index contributed by atoms with van der Waals surface area (Å²) in [6.07, 6.45) is 5.56. The second-order valence-corrected chi connectivity index (χ2v) is 5.40. The zero-order valence-corrected chi connectivity index (χ0v) is 10.8. The van der Waals surface area contributed by atoms with Gasteiger partial charge in [0, 0.05) is 13.1 Å². The Bertz CT molecular complexity index is 190. The molecule has 2 aliphatic rings. The van der Waals surface area contributed by atoms with Gasteiger partial charge in [-0.25, -0.2) is 0 Å². The SMILES string of the molecule is CN1CCCN(CCCN2CCCC2)CC1. The van der Waals surface area contributed by atoms with Gasteiger partial charge in [0.2, 0.25) is 0 Å². The van der Waals surface area contributed by atoms with E-state index in [4.69, 9.17) is 0 Å². The highest BCUT2D eigenvalue weighted by atomic mass is 15.2. The average Bonchev–Trinajstić information content (AvgIpc) is 2.70. The van der Waals surface area contributed by atoms with E-state index in [2.05, 4.69) is 21.7 Å². The van der Waals surface area contributed by atoms with Gasteiger partial charge in [0.25, 0.3) is 0 Å². The number of likely N-dealkylation sites (N-methyl/N-ethyl adjacent to an activating group) is 1. The van der Waals surface area contributed by atoms with E-state index in [0.717, 1.165) is 0 Å². The molecule has 0 bridgehead atoms. The van der Waals surface area contributed by atoms with Crippen molar-refractivity contribution in [3.05, 3.63) is 0 Å². The summed E-state index contributed by atoms with van der Waals surface area (Å²) in [4.78, 5) is 7.74.